The molecule has 0 aliphatic carbocycles. The van der Waals surface area contributed by atoms with Gasteiger partial charge in [0.1, 0.15) is 5.75 Å². The number of halogens is 2. The Morgan fingerprint density at radius 2 is 1.54 bits per heavy atom. The standard InChI is InChI=1S/C18H22N2O2.2ClH/c19-18(22)17(11-8-14-4-2-1-3-5-14)20-13-12-15-6-9-16(21)10-7-15;;/h1-7,9-10,17,20-21H,8,11-13H2,(H2,19,22);2*1H. The third kappa shape index (κ3) is 7.68. The number of carbonyl (C=O) groups is 1. The molecule has 0 saturated heterocycles. The molecule has 0 aromatic heterocycles. The minimum Gasteiger partial charge on any atom is -0.508 e. The van der Waals surface area contributed by atoms with E-state index in [1.165, 1.54) is 5.56 Å². The number of phenols is 1. The van der Waals surface area contributed by atoms with Gasteiger partial charge in [-0.25, -0.2) is 0 Å². The van der Waals surface area contributed by atoms with Crippen LogP contribution in [0.1, 0.15) is 17.5 Å². The van der Waals surface area contributed by atoms with Crippen LogP contribution in [0.2, 0.25) is 0 Å². The van der Waals surface area contributed by atoms with E-state index >= 15 is 0 Å². The number of aromatic hydroxyl groups is 1. The van der Waals surface area contributed by atoms with Crippen molar-refractivity contribution in [1.82, 2.24) is 5.32 Å². The van der Waals surface area contributed by atoms with Crippen LogP contribution in [0.5, 0.6) is 5.75 Å². The molecule has 0 bridgehead atoms. The first kappa shape index (κ1) is 22.2. The molecular formula is C18H24Cl2N2O2. The molecule has 0 radical (unpaired) electrons. The predicted octanol–water partition coefficient (Wildman–Crippen LogP) is 2.85. The van der Waals surface area contributed by atoms with E-state index in [9.17, 15) is 9.90 Å². The summed E-state index contributed by atoms with van der Waals surface area (Å²) < 4.78 is 0. The monoisotopic (exact) mass is 370 g/mol. The maximum atomic E-state index is 11.5. The number of rotatable bonds is 8. The Kier molecular flexibility index (Phi) is 10.9. The second-order valence-electron chi connectivity index (χ2n) is 5.35. The zero-order valence-electron chi connectivity index (χ0n) is 13.4. The van der Waals surface area contributed by atoms with E-state index < -0.39 is 0 Å². The van der Waals surface area contributed by atoms with Crippen molar-refractivity contribution in [2.24, 2.45) is 5.73 Å². The maximum Gasteiger partial charge on any atom is 0.234 e. The van der Waals surface area contributed by atoms with E-state index in [-0.39, 0.29) is 42.5 Å². The first-order valence-corrected chi connectivity index (χ1v) is 7.49. The highest BCUT2D eigenvalue weighted by molar-refractivity contribution is 5.85. The van der Waals surface area contributed by atoms with E-state index in [4.69, 9.17) is 5.73 Å². The largest absolute Gasteiger partial charge is 0.508 e. The molecule has 0 saturated carbocycles. The lowest BCUT2D eigenvalue weighted by Gasteiger charge is -2.15. The fourth-order valence-corrected chi connectivity index (χ4v) is 2.35. The van der Waals surface area contributed by atoms with Gasteiger partial charge >= 0.3 is 0 Å². The van der Waals surface area contributed by atoms with Crippen LogP contribution in [0.15, 0.2) is 54.6 Å². The van der Waals surface area contributed by atoms with Gasteiger partial charge in [-0.15, -0.1) is 24.8 Å². The zero-order valence-corrected chi connectivity index (χ0v) is 15.0. The normalized spacial score (nSPS) is 11.0. The molecule has 0 aliphatic rings. The highest BCUT2D eigenvalue weighted by Crippen LogP contribution is 2.10. The van der Waals surface area contributed by atoms with Crippen molar-refractivity contribution in [2.75, 3.05) is 6.54 Å². The van der Waals surface area contributed by atoms with Crippen molar-refractivity contribution >= 4 is 30.7 Å². The van der Waals surface area contributed by atoms with E-state index in [1.54, 1.807) is 12.1 Å². The van der Waals surface area contributed by atoms with Crippen molar-refractivity contribution in [3.63, 3.8) is 0 Å². The van der Waals surface area contributed by atoms with Gasteiger partial charge < -0.3 is 16.2 Å². The fraction of sp³-hybridized carbons (Fsp3) is 0.278. The topological polar surface area (TPSA) is 75.4 Å². The Balaban J connectivity index is 0.00000264. The fourth-order valence-electron chi connectivity index (χ4n) is 2.35. The molecule has 2 aromatic carbocycles. The summed E-state index contributed by atoms with van der Waals surface area (Å²) in [7, 11) is 0. The lowest BCUT2D eigenvalue weighted by atomic mass is 10.0. The molecule has 132 valence electrons. The number of amides is 1. The maximum absolute atomic E-state index is 11.5. The molecule has 0 spiro atoms. The van der Waals surface area contributed by atoms with Crippen LogP contribution in [0.3, 0.4) is 0 Å². The van der Waals surface area contributed by atoms with E-state index in [0.717, 1.165) is 18.4 Å². The smallest absolute Gasteiger partial charge is 0.234 e. The van der Waals surface area contributed by atoms with E-state index in [2.05, 4.69) is 17.4 Å². The number of carbonyl (C=O) groups excluding carboxylic acids is 1. The lowest BCUT2D eigenvalue weighted by molar-refractivity contribution is -0.120. The van der Waals surface area contributed by atoms with Gasteiger partial charge in [-0.2, -0.15) is 0 Å². The molecule has 1 amide bonds. The molecule has 1 unspecified atom stereocenters. The number of hydrogen-bond acceptors (Lipinski definition) is 3. The molecule has 1 atom stereocenters. The van der Waals surface area contributed by atoms with Gasteiger partial charge in [-0.1, -0.05) is 42.5 Å². The molecule has 24 heavy (non-hydrogen) atoms. The molecule has 0 aliphatic heterocycles. The van der Waals surface area contributed by atoms with Crippen LogP contribution in [0.25, 0.3) is 0 Å². The Hall–Kier alpha value is -1.75. The number of hydrogen-bond donors (Lipinski definition) is 3. The highest BCUT2D eigenvalue weighted by Gasteiger charge is 2.14. The number of primary amides is 1. The summed E-state index contributed by atoms with van der Waals surface area (Å²) in [5.41, 5.74) is 7.78. The summed E-state index contributed by atoms with van der Waals surface area (Å²) in [6, 6.07) is 16.8. The highest BCUT2D eigenvalue weighted by atomic mass is 35.5. The first-order valence-electron chi connectivity index (χ1n) is 7.49. The quantitative estimate of drug-likeness (QED) is 0.668. The number of nitrogens with one attached hydrogen (secondary N) is 1. The average molecular weight is 371 g/mol. The molecule has 2 aromatic rings. The zero-order chi connectivity index (χ0) is 15.8. The number of phenolic OH excluding ortho intramolecular Hbond substituents is 1. The molecule has 2 rings (SSSR count). The van der Waals surface area contributed by atoms with Crippen molar-refractivity contribution in [3.8, 4) is 5.75 Å². The summed E-state index contributed by atoms with van der Waals surface area (Å²) in [5, 5.41) is 12.5. The molecule has 6 heteroatoms. The van der Waals surface area contributed by atoms with Gasteiger partial charge in [0, 0.05) is 0 Å². The average Bonchev–Trinajstić information content (AvgIpc) is 2.53. The van der Waals surface area contributed by atoms with Crippen molar-refractivity contribution in [3.05, 3.63) is 65.7 Å². The van der Waals surface area contributed by atoms with Gasteiger partial charge in [0.05, 0.1) is 6.04 Å². The van der Waals surface area contributed by atoms with Crippen molar-refractivity contribution in [2.45, 2.75) is 25.3 Å². The first-order chi connectivity index (χ1) is 10.6. The van der Waals surface area contributed by atoms with Crippen molar-refractivity contribution in [1.29, 1.82) is 0 Å². The summed E-state index contributed by atoms with van der Waals surface area (Å²) in [6.45, 7) is 0.674. The van der Waals surface area contributed by atoms with Crippen LogP contribution in [0.4, 0.5) is 0 Å². The molecule has 0 fully saturated rings. The van der Waals surface area contributed by atoms with Crippen LogP contribution in [0, 0.1) is 0 Å². The van der Waals surface area contributed by atoms with Gasteiger partial charge in [0.2, 0.25) is 5.91 Å². The lowest BCUT2D eigenvalue weighted by Crippen LogP contribution is -2.42. The van der Waals surface area contributed by atoms with Gasteiger partial charge in [0.25, 0.3) is 0 Å². The van der Waals surface area contributed by atoms with Gasteiger partial charge in [-0.05, 0) is 49.1 Å². The molecule has 4 nitrogen and oxygen atoms in total. The minimum absolute atomic E-state index is 0. The van der Waals surface area contributed by atoms with Crippen LogP contribution in [-0.2, 0) is 17.6 Å². The van der Waals surface area contributed by atoms with Gasteiger partial charge in [0.15, 0.2) is 0 Å². The predicted molar refractivity (Wildman–Crippen MR) is 102 cm³/mol. The molecule has 4 N–H and O–H groups in total. The van der Waals surface area contributed by atoms with Crippen LogP contribution >= 0.6 is 24.8 Å². The van der Waals surface area contributed by atoms with Crippen molar-refractivity contribution < 1.29 is 9.90 Å². The number of benzene rings is 2. The molecule has 0 heterocycles. The number of nitrogens with two attached hydrogens (primary N) is 1. The third-order valence-electron chi connectivity index (χ3n) is 3.65. The van der Waals surface area contributed by atoms with E-state index in [1.807, 2.05) is 30.3 Å². The minimum atomic E-state index is -0.322. The summed E-state index contributed by atoms with van der Waals surface area (Å²) in [6.07, 6.45) is 2.30. The Morgan fingerprint density at radius 1 is 0.958 bits per heavy atom. The summed E-state index contributed by atoms with van der Waals surface area (Å²) in [5.74, 6) is -0.0591. The summed E-state index contributed by atoms with van der Waals surface area (Å²) >= 11 is 0. The SMILES string of the molecule is Cl.Cl.NC(=O)C(CCc1ccccc1)NCCc1ccc(O)cc1. The second-order valence-corrected chi connectivity index (χ2v) is 5.35. The van der Waals surface area contributed by atoms with E-state index in [0.29, 0.717) is 13.0 Å². The molecular weight excluding hydrogens is 347 g/mol. The third-order valence-corrected chi connectivity index (χ3v) is 3.65. The van der Waals surface area contributed by atoms with Crippen LogP contribution in [-0.4, -0.2) is 23.6 Å². The second kappa shape index (κ2) is 11.7. The Bertz CT molecular complexity index is 592. The number of aryl methyl sites for hydroxylation is 1. The Morgan fingerprint density at radius 3 is 2.12 bits per heavy atom. The van der Waals surface area contributed by atoms with Gasteiger partial charge in [-0.3, -0.25) is 4.79 Å². The Labute approximate surface area is 155 Å². The summed E-state index contributed by atoms with van der Waals surface area (Å²) in [4.78, 5) is 11.5. The van der Waals surface area contributed by atoms with Crippen LogP contribution < -0.4 is 11.1 Å².